The number of tetrazole rings is 1. The van der Waals surface area contributed by atoms with E-state index in [2.05, 4.69) is 20.8 Å². The van der Waals surface area contributed by atoms with E-state index in [0.29, 0.717) is 11.6 Å². The Balaban J connectivity index is 1.58. The van der Waals surface area contributed by atoms with Crippen LogP contribution in [0, 0.1) is 0 Å². The molecule has 0 saturated carbocycles. The van der Waals surface area contributed by atoms with Gasteiger partial charge in [0.25, 0.3) is 0 Å². The molecule has 134 valence electrons. The first-order valence-corrected chi connectivity index (χ1v) is 10.3. The highest BCUT2D eigenvalue weighted by Crippen LogP contribution is 2.20. The SMILES string of the molecule is COc1ccc(-n2nnnc2SCC(=O)N[C@H]2CCS(=O)(=O)C2)cc1. The first-order valence-electron chi connectivity index (χ1n) is 7.52. The predicted octanol–water partition coefficient (Wildman–Crippen LogP) is 0.0663. The number of carbonyl (C=O) groups excluding carboxylic acids is 1. The molecule has 3 rings (SSSR count). The molecule has 0 unspecified atom stereocenters. The average Bonchev–Trinajstić information content (AvgIpc) is 3.19. The van der Waals surface area contributed by atoms with Gasteiger partial charge in [-0.2, -0.15) is 4.68 Å². The van der Waals surface area contributed by atoms with Gasteiger partial charge < -0.3 is 10.1 Å². The number of thioether (sulfide) groups is 1. The van der Waals surface area contributed by atoms with E-state index in [-0.39, 0.29) is 29.2 Å². The van der Waals surface area contributed by atoms with Crippen molar-refractivity contribution in [1.82, 2.24) is 25.5 Å². The number of benzene rings is 1. The fourth-order valence-electron chi connectivity index (χ4n) is 2.46. The summed E-state index contributed by atoms with van der Waals surface area (Å²) in [4.78, 5) is 12.0. The minimum atomic E-state index is -3.02. The summed E-state index contributed by atoms with van der Waals surface area (Å²) in [7, 11) is -1.43. The molecule has 1 amide bonds. The van der Waals surface area contributed by atoms with Crippen LogP contribution in [-0.2, 0) is 14.6 Å². The standard InChI is InChI=1S/C14H17N5O4S2/c1-23-12-4-2-11(3-5-12)19-14(16-17-18-19)24-8-13(20)15-10-6-7-25(21,22)9-10/h2-5,10H,6-9H2,1H3,(H,15,20)/t10-/m0/s1. The molecule has 1 fully saturated rings. The van der Waals surface area contributed by atoms with Gasteiger partial charge in [-0.25, -0.2) is 8.42 Å². The Bertz CT molecular complexity index is 850. The molecule has 1 aromatic carbocycles. The molecule has 1 aliphatic rings. The third-order valence-electron chi connectivity index (χ3n) is 3.69. The van der Waals surface area contributed by atoms with Gasteiger partial charge in [-0.15, -0.1) is 5.10 Å². The molecule has 1 atom stereocenters. The Morgan fingerprint density at radius 1 is 1.40 bits per heavy atom. The second kappa shape index (κ2) is 7.40. The molecule has 0 aliphatic carbocycles. The van der Waals surface area contributed by atoms with E-state index in [1.807, 2.05) is 12.1 Å². The van der Waals surface area contributed by atoms with Crippen molar-refractivity contribution >= 4 is 27.5 Å². The summed E-state index contributed by atoms with van der Waals surface area (Å²) in [5.74, 6) is 0.717. The fourth-order valence-corrected chi connectivity index (χ4v) is 4.84. The molecule has 2 aromatic rings. The van der Waals surface area contributed by atoms with E-state index in [1.54, 1.807) is 19.2 Å². The predicted molar refractivity (Wildman–Crippen MR) is 91.6 cm³/mol. The van der Waals surface area contributed by atoms with Crippen LogP contribution in [0.2, 0.25) is 0 Å². The lowest BCUT2D eigenvalue weighted by Crippen LogP contribution is -2.36. The van der Waals surface area contributed by atoms with E-state index < -0.39 is 9.84 Å². The van der Waals surface area contributed by atoms with Gasteiger partial charge in [-0.1, -0.05) is 11.8 Å². The number of ether oxygens (including phenoxy) is 1. The highest BCUT2D eigenvalue weighted by molar-refractivity contribution is 7.99. The van der Waals surface area contributed by atoms with Crippen molar-refractivity contribution in [3.63, 3.8) is 0 Å². The number of amides is 1. The van der Waals surface area contributed by atoms with E-state index in [9.17, 15) is 13.2 Å². The van der Waals surface area contributed by atoms with Gasteiger partial charge in [0.2, 0.25) is 11.1 Å². The molecule has 1 aliphatic heterocycles. The maximum Gasteiger partial charge on any atom is 0.230 e. The summed E-state index contributed by atoms with van der Waals surface area (Å²) in [5, 5.41) is 14.7. The third kappa shape index (κ3) is 4.48. The van der Waals surface area contributed by atoms with Crippen LogP contribution in [0.5, 0.6) is 5.75 Å². The van der Waals surface area contributed by atoms with E-state index in [4.69, 9.17) is 4.74 Å². The van der Waals surface area contributed by atoms with Crippen molar-refractivity contribution in [2.45, 2.75) is 17.6 Å². The lowest BCUT2D eigenvalue weighted by atomic mass is 10.3. The number of hydrogen-bond acceptors (Lipinski definition) is 8. The molecule has 0 bridgehead atoms. The van der Waals surface area contributed by atoms with Crippen molar-refractivity contribution < 1.29 is 17.9 Å². The van der Waals surface area contributed by atoms with Crippen LogP contribution in [0.25, 0.3) is 5.69 Å². The van der Waals surface area contributed by atoms with Gasteiger partial charge in [0.1, 0.15) is 5.75 Å². The van der Waals surface area contributed by atoms with E-state index in [1.165, 1.54) is 16.4 Å². The Morgan fingerprint density at radius 2 is 2.16 bits per heavy atom. The molecule has 9 nitrogen and oxygen atoms in total. The summed E-state index contributed by atoms with van der Waals surface area (Å²) >= 11 is 1.18. The van der Waals surface area contributed by atoms with E-state index in [0.717, 1.165) is 11.4 Å². The Morgan fingerprint density at radius 3 is 2.80 bits per heavy atom. The van der Waals surface area contributed by atoms with Crippen molar-refractivity contribution in [2.75, 3.05) is 24.4 Å². The first-order chi connectivity index (χ1) is 12.0. The number of sulfone groups is 1. The quantitative estimate of drug-likeness (QED) is 0.697. The summed E-state index contributed by atoms with van der Waals surface area (Å²) in [6, 6.07) is 6.89. The lowest BCUT2D eigenvalue weighted by molar-refractivity contribution is -0.119. The zero-order chi connectivity index (χ0) is 17.9. The molecule has 2 heterocycles. The van der Waals surface area contributed by atoms with Crippen molar-refractivity contribution in [1.29, 1.82) is 0 Å². The van der Waals surface area contributed by atoms with Gasteiger partial charge in [0, 0.05) is 6.04 Å². The normalized spacial score (nSPS) is 18.8. The smallest absolute Gasteiger partial charge is 0.230 e. The molecular weight excluding hydrogens is 366 g/mol. The van der Waals surface area contributed by atoms with Gasteiger partial charge in [-0.05, 0) is 41.1 Å². The number of nitrogens with zero attached hydrogens (tertiary/aromatic N) is 4. The number of carbonyl (C=O) groups is 1. The Labute approximate surface area is 149 Å². The summed E-state index contributed by atoms with van der Waals surface area (Å²) in [6.07, 6.45) is 0.461. The monoisotopic (exact) mass is 383 g/mol. The van der Waals surface area contributed by atoms with Gasteiger partial charge in [0.05, 0.1) is 30.1 Å². The summed E-state index contributed by atoms with van der Waals surface area (Å²) in [5.41, 5.74) is 0.746. The zero-order valence-electron chi connectivity index (χ0n) is 13.5. The maximum atomic E-state index is 12.0. The molecule has 1 aromatic heterocycles. The summed E-state index contributed by atoms with van der Waals surface area (Å²) in [6.45, 7) is 0. The second-order valence-electron chi connectivity index (χ2n) is 5.53. The minimum absolute atomic E-state index is 0.00694. The molecule has 1 N–H and O–H groups in total. The minimum Gasteiger partial charge on any atom is -0.497 e. The molecule has 1 saturated heterocycles. The second-order valence-corrected chi connectivity index (χ2v) is 8.70. The largest absolute Gasteiger partial charge is 0.497 e. The fraction of sp³-hybridized carbons (Fsp3) is 0.429. The van der Waals surface area contributed by atoms with Crippen LogP contribution >= 0.6 is 11.8 Å². The zero-order valence-corrected chi connectivity index (χ0v) is 15.1. The molecule has 0 spiro atoms. The lowest BCUT2D eigenvalue weighted by Gasteiger charge is -2.10. The molecular formula is C14H17N5O4S2. The first kappa shape index (κ1) is 17.7. The topological polar surface area (TPSA) is 116 Å². The van der Waals surface area contributed by atoms with Gasteiger partial charge in [0.15, 0.2) is 9.84 Å². The number of hydrogen-bond donors (Lipinski definition) is 1. The molecule has 25 heavy (non-hydrogen) atoms. The van der Waals surface area contributed by atoms with Crippen LogP contribution in [0.15, 0.2) is 29.4 Å². The van der Waals surface area contributed by atoms with Crippen LogP contribution in [-0.4, -0.2) is 64.9 Å². The highest BCUT2D eigenvalue weighted by Gasteiger charge is 2.28. The average molecular weight is 383 g/mol. The number of rotatable bonds is 6. The van der Waals surface area contributed by atoms with Crippen LogP contribution < -0.4 is 10.1 Å². The Hall–Kier alpha value is -2.14. The Kier molecular flexibility index (Phi) is 5.23. The maximum absolute atomic E-state index is 12.0. The van der Waals surface area contributed by atoms with Crippen molar-refractivity contribution in [3.8, 4) is 11.4 Å². The van der Waals surface area contributed by atoms with E-state index >= 15 is 0 Å². The molecule has 11 heteroatoms. The highest BCUT2D eigenvalue weighted by atomic mass is 32.2. The summed E-state index contributed by atoms with van der Waals surface area (Å²) < 4.78 is 29.5. The van der Waals surface area contributed by atoms with Crippen LogP contribution in [0.4, 0.5) is 0 Å². The van der Waals surface area contributed by atoms with Crippen molar-refractivity contribution in [2.24, 2.45) is 0 Å². The van der Waals surface area contributed by atoms with Crippen LogP contribution in [0.3, 0.4) is 0 Å². The van der Waals surface area contributed by atoms with Gasteiger partial charge in [-0.3, -0.25) is 4.79 Å². The number of nitrogens with one attached hydrogen (secondary N) is 1. The number of methoxy groups -OCH3 is 1. The van der Waals surface area contributed by atoms with Crippen LogP contribution in [0.1, 0.15) is 6.42 Å². The molecule has 0 radical (unpaired) electrons. The van der Waals surface area contributed by atoms with Gasteiger partial charge >= 0.3 is 0 Å². The third-order valence-corrected chi connectivity index (χ3v) is 6.38. The van der Waals surface area contributed by atoms with Crippen molar-refractivity contribution in [3.05, 3.63) is 24.3 Å². The number of aromatic nitrogens is 4.